The van der Waals surface area contributed by atoms with E-state index in [2.05, 4.69) is 0 Å². The molecular formula is C14H15FO4. The Morgan fingerprint density at radius 1 is 1.16 bits per heavy atom. The highest BCUT2D eigenvalue weighted by Crippen LogP contribution is 2.11. The van der Waals surface area contributed by atoms with Crippen LogP contribution in [0.5, 0.6) is 5.75 Å². The van der Waals surface area contributed by atoms with Crippen LogP contribution < -0.4 is 4.74 Å². The summed E-state index contributed by atoms with van der Waals surface area (Å²) in [5.41, 5.74) is 0. The predicted molar refractivity (Wildman–Crippen MR) is 66.3 cm³/mol. The Morgan fingerprint density at radius 3 is 2.63 bits per heavy atom. The molecule has 102 valence electrons. The minimum atomic E-state index is -0.750. The summed E-state index contributed by atoms with van der Waals surface area (Å²) in [7, 11) is 0. The fraction of sp³-hybridized carbons (Fsp3) is 0.286. The smallest absolute Gasteiger partial charge is 0.129 e. The van der Waals surface area contributed by atoms with Crippen molar-refractivity contribution in [3.8, 4) is 5.75 Å². The third-order valence-corrected chi connectivity index (χ3v) is 2.39. The third-order valence-electron chi connectivity index (χ3n) is 2.39. The van der Waals surface area contributed by atoms with Gasteiger partial charge in [0, 0.05) is 0 Å². The summed E-state index contributed by atoms with van der Waals surface area (Å²) in [6.45, 7) is 0.534. The number of aliphatic hydroxyl groups is 1. The highest BCUT2D eigenvalue weighted by atomic mass is 19.1. The maximum absolute atomic E-state index is 12.7. The fourth-order valence-electron chi connectivity index (χ4n) is 1.46. The van der Waals surface area contributed by atoms with Crippen LogP contribution in [0.1, 0.15) is 5.76 Å². The molecule has 0 aliphatic heterocycles. The molecule has 1 aromatic carbocycles. The van der Waals surface area contributed by atoms with E-state index in [1.54, 1.807) is 18.4 Å². The molecule has 0 radical (unpaired) electrons. The van der Waals surface area contributed by atoms with Crippen molar-refractivity contribution in [1.29, 1.82) is 0 Å². The van der Waals surface area contributed by atoms with Crippen LogP contribution in [0, 0.1) is 5.82 Å². The molecule has 0 aliphatic rings. The number of benzene rings is 1. The molecular weight excluding hydrogens is 251 g/mol. The summed E-state index contributed by atoms with van der Waals surface area (Å²) in [4.78, 5) is 0. The largest absolute Gasteiger partial charge is 0.491 e. The first-order chi connectivity index (χ1) is 9.24. The summed E-state index contributed by atoms with van der Waals surface area (Å²) in [6, 6.07) is 9.18. The van der Waals surface area contributed by atoms with Gasteiger partial charge < -0.3 is 19.0 Å². The number of aliphatic hydroxyl groups excluding tert-OH is 1. The van der Waals surface area contributed by atoms with Crippen LogP contribution in [0.15, 0.2) is 47.1 Å². The Morgan fingerprint density at radius 2 is 1.95 bits per heavy atom. The maximum Gasteiger partial charge on any atom is 0.129 e. The Balaban J connectivity index is 1.64. The molecule has 2 aromatic rings. The van der Waals surface area contributed by atoms with E-state index in [0.29, 0.717) is 18.1 Å². The Hall–Kier alpha value is -1.85. The van der Waals surface area contributed by atoms with Crippen LogP contribution in [0.2, 0.25) is 0 Å². The molecule has 0 spiro atoms. The molecule has 19 heavy (non-hydrogen) atoms. The number of furan rings is 1. The maximum atomic E-state index is 12.7. The zero-order valence-corrected chi connectivity index (χ0v) is 10.3. The Kier molecular flexibility index (Phi) is 4.94. The van der Waals surface area contributed by atoms with Crippen molar-refractivity contribution in [3.63, 3.8) is 0 Å². The molecule has 1 unspecified atom stereocenters. The molecule has 0 amide bonds. The second-order valence-electron chi connectivity index (χ2n) is 4.01. The lowest BCUT2D eigenvalue weighted by molar-refractivity contribution is 0.000870. The summed E-state index contributed by atoms with van der Waals surface area (Å²) in [5, 5.41) is 9.64. The van der Waals surface area contributed by atoms with Crippen LogP contribution >= 0.6 is 0 Å². The SMILES string of the molecule is OC(COCc1ccco1)COc1ccc(F)cc1. The Labute approximate surface area is 110 Å². The lowest BCUT2D eigenvalue weighted by Gasteiger charge is -2.12. The van der Waals surface area contributed by atoms with Crippen LogP contribution in [-0.2, 0) is 11.3 Å². The predicted octanol–water partition coefficient (Wildman–Crippen LogP) is 2.38. The highest BCUT2D eigenvalue weighted by molar-refractivity contribution is 5.22. The van der Waals surface area contributed by atoms with Gasteiger partial charge in [-0.15, -0.1) is 0 Å². The molecule has 0 saturated heterocycles. The average Bonchev–Trinajstić information content (AvgIpc) is 2.91. The van der Waals surface area contributed by atoms with Gasteiger partial charge in [-0.05, 0) is 36.4 Å². The van der Waals surface area contributed by atoms with Crippen molar-refractivity contribution in [2.24, 2.45) is 0 Å². The average molecular weight is 266 g/mol. The third kappa shape index (κ3) is 4.73. The van der Waals surface area contributed by atoms with E-state index < -0.39 is 6.10 Å². The van der Waals surface area contributed by atoms with Crippen molar-refractivity contribution >= 4 is 0 Å². The topological polar surface area (TPSA) is 51.8 Å². The molecule has 0 aliphatic carbocycles. The number of halogens is 1. The number of rotatable bonds is 7. The van der Waals surface area contributed by atoms with Gasteiger partial charge in [-0.3, -0.25) is 0 Å². The lowest BCUT2D eigenvalue weighted by Crippen LogP contribution is -2.23. The summed E-state index contributed by atoms with van der Waals surface area (Å²) in [6.07, 6.45) is 0.812. The van der Waals surface area contributed by atoms with Gasteiger partial charge in [0.05, 0.1) is 12.9 Å². The van der Waals surface area contributed by atoms with Gasteiger partial charge in [0.15, 0.2) is 0 Å². The molecule has 1 N–H and O–H groups in total. The molecule has 2 rings (SSSR count). The minimum absolute atomic E-state index is 0.0871. The van der Waals surface area contributed by atoms with Crippen LogP contribution in [0.3, 0.4) is 0 Å². The molecule has 1 atom stereocenters. The van der Waals surface area contributed by atoms with E-state index in [0.717, 1.165) is 0 Å². The zero-order valence-electron chi connectivity index (χ0n) is 10.3. The monoisotopic (exact) mass is 266 g/mol. The van der Waals surface area contributed by atoms with Gasteiger partial charge in [-0.1, -0.05) is 0 Å². The fourth-order valence-corrected chi connectivity index (χ4v) is 1.46. The first-order valence-electron chi connectivity index (χ1n) is 5.90. The first kappa shape index (κ1) is 13.6. The number of ether oxygens (including phenoxy) is 2. The van der Waals surface area contributed by atoms with Gasteiger partial charge in [0.25, 0.3) is 0 Å². The second-order valence-corrected chi connectivity index (χ2v) is 4.01. The molecule has 0 saturated carbocycles. The number of hydrogen-bond donors (Lipinski definition) is 1. The zero-order chi connectivity index (χ0) is 13.5. The molecule has 0 fully saturated rings. The van der Waals surface area contributed by atoms with Crippen molar-refractivity contribution in [2.45, 2.75) is 12.7 Å². The highest BCUT2D eigenvalue weighted by Gasteiger charge is 2.06. The second kappa shape index (κ2) is 6.92. The number of hydrogen-bond acceptors (Lipinski definition) is 4. The van der Waals surface area contributed by atoms with E-state index in [4.69, 9.17) is 13.9 Å². The van der Waals surface area contributed by atoms with Crippen LogP contribution in [-0.4, -0.2) is 24.4 Å². The van der Waals surface area contributed by atoms with Gasteiger partial charge in [-0.25, -0.2) is 4.39 Å². The van der Waals surface area contributed by atoms with E-state index in [1.165, 1.54) is 24.3 Å². The van der Waals surface area contributed by atoms with Gasteiger partial charge in [-0.2, -0.15) is 0 Å². The molecule has 0 bridgehead atoms. The van der Waals surface area contributed by atoms with Gasteiger partial charge in [0.1, 0.15) is 36.6 Å². The van der Waals surface area contributed by atoms with Gasteiger partial charge in [0.2, 0.25) is 0 Å². The van der Waals surface area contributed by atoms with Gasteiger partial charge >= 0.3 is 0 Å². The summed E-state index contributed by atoms with van der Waals surface area (Å²) < 4.78 is 28.3. The minimum Gasteiger partial charge on any atom is -0.491 e. The van der Waals surface area contributed by atoms with E-state index in [-0.39, 0.29) is 19.0 Å². The molecule has 5 heteroatoms. The van der Waals surface area contributed by atoms with Crippen molar-refractivity contribution < 1.29 is 23.4 Å². The molecule has 1 aromatic heterocycles. The van der Waals surface area contributed by atoms with E-state index in [1.807, 2.05) is 0 Å². The normalized spacial score (nSPS) is 12.3. The first-order valence-corrected chi connectivity index (χ1v) is 5.90. The standard InChI is InChI=1S/C14H15FO4/c15-11-3-5-13(6-4-11)19-9-12(16)8-17-10-14-2-1-7-18-14/h1-7,12,16H,8-10H2. The lowest BCUT2D eigenvalue weighted by atomic mass is 10.3. The summed E-state index contributed by atoms with van der Waals surface area (Å²) in [5.74, 6) is 0.882. The Bertz CT molecular complexity index is 467. The summed E-state index contributed by atoms with van der Waals surface area (Å²) >= 11 is 0. The van der Waals surface area contributed by atoms with Crippen molar-refractivity contribution in [1.82, 2.24) is 0 Å². The molecule has 4 nitrogen and oxygen atoms in total. The quantitative estimate of drug-likeness (QED) is 0.836. The van der Waals surface area contributed by atoms with E-state index in [9.17, 15) is 9.50 Å². The molecule has 1 heterocycles. The van der Waals surface area contributed by atoms with Crippen LogP contribution in [0.4, 0.5) is 4.39 Å². The van der Waals surface area contributed by atoms with Crippen molar-refractivity contribution in [2.75, 3.05) is 13.2 Å². The van der Waals surface area contributed by atoms with Crippen LogP contribution in [0.25, 0.3) is 0 Å². The van der Waals surface area contributed by atoms with E-state index >= 15 is 0 Å². The van der Waals surface area contributed by atoms with Crippen molar-refractivity contribution in [3.05, 3.63) is 54.2 Å².